The highest BCUT2D eigenvalue weighted by Crippen LogP contribution is 2.46. The maximum atomic E-state index is 12.8. The number of rotatable bonds is 9. The van der Waals surface area contributed by atoms with E-state index < -0.39 is 16.4 Å². The molecule has 0 saturated heterocycles. The van der Waals surface area contributed by atoms with Crippen LogP contribution in [0.2, 0.25) is 0 Å². The fourth-order valence-electron chi connectivity index (χ4n) is 3.18. The molecule has 1 heterocycles. The second-order valence-corrected chi connectivity index (χ2v) is 9.45. The first kappa shape index (κ1) is 21.4. The van der Waals surface area contributed by atoms with Gasteiger partial charge in [-0.2, -0.15) is 8.78 Å². The van der Waals surface area contributed by atoms with Crippen LogP contribution in [-0.4, -0.2) is 52.9 Å². The summed E-state index contributed by atoms with van der Waals surface area (Å²) in [6, 6.07) is 2.93. The van der Waals surface area contributed by atoms with Crippen LogP contribution in [0.3, 0.4) is 0 Å². The van der Waals surface area contributed by atoms with E-state index in [4.69, 9.17) is 9.47 Å². The predicted molar refractivity (Wildman–Crippen MR) is 103 cm³/mol. The van der Waals surface area contributed by atoms with Gasteiger partial charge in [0.2, 0.25) is 6.79 Å². The lowest BCUT2D eigenvalue weighted by Crippen LogP contribution is -2.41. The third-order valence-corrected chi connectivity index (χ3v) is 5.82. The maximum absolute atomic E-state index is 12.8. The summed E-state index contributed by atoms with van der Waals surface area (Å²) in [4.78, 5) is 4.43. The molecule has 162 valence electrons. The van der Waals surface area contributed by atoms with Gasteiger partial charge in [0, 0.05) is 36.4 Å². The maximum Gasteiger partial charge on any atom is 0.387 e. The monoisotopic (exact) mass is 433 g/mol. The van der Waals surface area contributed by atoms with Crippen LogP contribution in [0.1, 0.15) is 25.3 Å². The number of hydrogen-bond donors (Lipinski definition) is 2. The van der Waals surface area contributed by atoms with Gasteiger partial charge in [-0.05, 0) is 25.8 Å². The fourth-order valence-corrected chi connectivity index (χ4v) is 4.68. The van der Waals surface area contributed by atoms with Gasteiger partial charge in [0.25, 0.3) is 0 Å². The van der Waals surface area contributed by atoms with Crippen molar-refractivity contribution in [2.24, 2.45) is 10.4 Å². The molecule has 2 aliphatic rings. The number of alkyl halides is 2. The van der Waals surface area contributed by atoms with Crippen molar-refractivity contribution in [2.45, 2.75) is 32.9 Å². The van der Waals surface area contributed by atoms with Gasteiger partial charge in [-0.1, -0.05) is 0 Å². The molecule has 0 unspecified atom stereocenters. The summed E-state index contributed by atoms with van der Waals surface area (Å²) in [6.45, 7) is 0.0533. The van der Waals surface area contributed by atoms with E-state index in [1.54, 1.807) is 6.07 Å². The molecule has 2 N–H and O–H groups in total. The summed E-state index contributed by atoms with van der Waals surface area (Å²) in [5.41, 5.74) is 0.149. The van der Waals surface area contributed by atoms with Crippen molar-refractivity contribution in [1.82, 2.24) is 10.6 Å². The summed E-state index contributed by atoms with van der Waals surface area (Å²) < 4.78 is 63.9. The zero-order valence-electron chi connectivity index (χ0n) is 16.3. The van der Waals surface area contributed by atoms with Gasteiger partial charge in [0.1, 0.15) is 15.6 Å². The number of nitrogens with zero attached hydrogens (tertiary/aromatic N) is 1. The molecule has 29 heavy (non-hydrogen) atoms. The lowest BCUT2D eigenvalue weighted by atomic mass is 10.1. The Balaban J connectivity index is 1.71. The first-order chi connectivity index (χ1) is 13.7. The third-order valence-electron chi connectivity index (χ3n) is 4.68. The minimum absolute atomic E-state index is 0.0167. The summed E-state index contributed by atoms with van der Waals surface area (Å²) in [5, 5.41) is 6.23. The van der Waals surface area contributed by atoms with Crippen LogP contribution in [0.5, 0.6) is 17.2 Å². The predicted octanol–water partition coefficient (Wildman–Crippen LogP) is 1.90. The third kappa shape index (κ3) is 6.09. The molecule has 1 fully saturated rings. The number of nitrogens with one attached hydrogen (secondary N) is 2. The summed E-state index contributed by atoms with van der Waals surface area (Å²) >= 11 is 0. The number of sulfone groups is 1. The Labute approximate surface area is 168 Å². The minimum atomic E-state index is -3.07. The average Bonchev–Trinajstić information content (AvgIpc) is 3.20. The van der Waals surface area contributed by atoms with Crippen LogP contribution in [0.25, 0.3) is 0 Å². The van der Waals surface area contributed by atoms with Gasteiger partial charge < -0.3 is 24.8 Å². The molecule has 8 nitrogen and oxygen atoms in total. The standard InChI is InChI=1S/C18H25F2N3O5S/c1-3-21-17(23-9-18(4-5-18)10-29(2,24)25)22-8-12-6-14-15(27-11-26-14)7-13(12)28-16(19)20/h6-7,16H,3-5,8-11H2,1-2H3,(H2,21,22,23). The van der Waals surface area contributed by atoms with E-state index in [2.05, 4.69) is 20.4 Å². The van der Waals surface area contributed by atoms with Gasteiger partial charge in [0.15, 0.2) is 17.5 Å². The highest BCUT2D eigenvalue weighted by Gasteiger charge is 2.45. The Bertz CT molecular complexity index is 872. The van der Waals surface area contributed by atoms with Crippen LogP contribution in [-0.2, 0) is 16.4 Å². The molecule has 3 rings (SSSR count). The summed E-state index contributed by atoms with van der Waals surface area (Å²) in [7, 11) is -3.07. The zero-order chi connectivity index (χ0) is 21.1. The molecule has 11 heteroatoms. The van der Waals surface area contributed by atoms with E-state index in [-0.39, 0.29) is 30.3 Å². The van der Waals surface area contributed by atoms with Crippen LogP contribution in [0, 0.1) is 5.41 Å². The Morgan fingerprint density at radius 2 is 1.97 bits per heavy atom. The molecule has 1 aromatic rings. The molecule has 0 atom stereocenters. The lowest BCUT2D eigenvalue weighted by Gasteiger charge is -2.18. The zero-order valence-corrected chi connectivity index (χ0v) is 17.2. The van der Waals surface area contributed by atoms with Crippen LogP contribution in [0.4, 0.5) is 8.78 Å². The largest absolute Gasteiger partial charge is 0.454 e. The Morgan fingerprint density at radius 1 is 1.28 bits per heavy atom. The smallest absolute Gasteiger partial charge is 0.387 e. The van der Waals surface area contributed by atoms with Gasteiger partial charge in [-0.3, -0.25) is 0 Å². The highest BCUT2D eigenvalue weighted by atomic mass is 32.2. The normalized spacial score (nSPS) is 17.3. The Kier molecular flexibility index (Phi) is 6.35. The van der Waals surface area contributed by atoms with E-state index in [1.807, 2.05) is 6.92 Å². The molecule has 0 bridgehead atoms. The minimum Gasteiger partial charge on any atom is -0.454 e. The van der Waals surface area contributed by atoms with Crippen molar-refractivity contribution >= 4 is 15.8 Å². The molecule has 1 saturated carbocycles. The van der Waals surface area contributed by atoms with E-state index in [9.17, 15) is 17.2 Å². The van der Waals surface area contributed by atoms with E-state index >= 15 is 0 Å². The molecule has 0 radical (unpaired) electrons. The van der Waals surface area contributed by atoms with Crippen molar-refractivity contribution in [2.75, 3.05) is 31.9 Å². The number of fused-ring (bicyclic) bond motifs is 1. The van der Waals surface area contributed by atoms with Gasteiger partial charge in [-0.25, -0.2) is 13.4 Å². The van der Waals surface area contributed by atoms with Crippen molar-refractivity contribution in [3.05, 3.63) is 17.7 Å². The van der Waals surface area contributed by atoms with E-state index in [0.29, 0.717) is 36.1 Å². The summed E-state index contributed by atoms with van der Waals surface area (Å²) in [6.07, 6.45) is 2.90. The first-order valence-corrected chi connectivity index (χ1v) is 11.3. The van der Waals surface area contributed by atoms with Crippen molar-refractivity contribution < 1.29 is 31.4 Å². The highest BCUT2D eigenvalue weighted by molar-refractivity contribution is 7.90. The number of halogens is 2. The van der Waals surface area contributed by atoms with Gasteiger partial charge in [0.05, 0.1) is 12.3 Å². The van der Waals surface area contributed by atoms with Crippen LogP contribution < -0.4 is 24.8 Å². The topological polar surface area (TPSA) is 98.2 Å². The molecule has 1 aromatic carbocycles. The summed E-state index contributed by atoms with van der Waals surface area (Å²) in [5.74, 6) is 1.35. The number of guanidine groups is 1. The molecular formula is C18H25F2N3O5S. The molecule has 0 amide bonds. The fraction of sp³-hybridized carbons (Fsp3) is 0.611. The molecule has 1 aliphatic carbocycles. The molecule has 1 aliphatic heterocycles. The SMILES string of the molecule is CCNC(=NCc1cc2c(cc1OC(F)F)OCO2)NCC1(CS(C)(=O)=O)CC1. The molecule has 0 spiro atoms. The number of hydrogen-bond acceptors (Lipinski definition) is 6. The average molecular weight is 433 g/mol. The quantitative estimate of drug-likeness (QED) is 0.453. The lowest BCUT2D eigenvalue weighted by molar-refractivity contribution is -0.0505. The van der Waals surface area contributed by atoms with Gasteiger partial charge >= 0.3 is 6.61 Å². The number of ether oxygens (including phenoxy) is 3. The van der Waals surface area contributed by atoms with E-state index in [0.717, 1.165) is 12.8 Å². The number of aliphatic imine (C=N–C) groups is 1. The second kappa shape index (κ2) is 8.60. The van der Waals surface area contributed by atoms with Crippen molar-refractivity contribution in [1.29, 1.82) is 0 Å². The molecular weight excluding hydrogens is 408 g/mol. The van der Waals surface area contributed by atoms with Crippen molar-refractivity contribution in [3.63, 3.8) is 0 Å². The van der Waals surface area contributed by atoms with Crippen LogP contribution in [0.15, 0.2) is 17.1 Å². The Morgan fingerprint density at radius 3 is 2.55 bits per heavy atom. The van der Waals surface area contributed by atoms with Gasteiger partial charge in [-0.15, -0.1) is 0 Å². The second-order valence-electron chi connectivity index (χ2n) is 7.31. The first-order valence-electron chi connectivity index (χ1n) is 9.27. The van der Waals surface area contributed by atoms with Crippen LogP contribution >= 0.6 is 0 Å². The molecule has 0 aromatic heterocycles. The Hall–Kier alpha value is -2.30. The van der Waals surface area contributed by atoms with Crippen molar-refractivity contribution in [3.8, 4) is 17.2 Å². The number of benzene rings is 1. The van der Waals surface area contributed by atoms with E-state index in [1.165, 1.54) is 12.3 Å².